The number of aryl methyl sites for hydroxylation is 2. The first-order valence-corrected chi connectivity index (χ1v) is 5.59. The minimum Gasteiger partial charge on any atom is -0.479 e. The maximum absolute atomic E-state index is 10.8. The molecule has 0 spiro atoms. The Hall–Kier alpha value is -1.29. The van der Waals surface area contributed by atoms with E-state index in [1.54, 1.807) is 0 Å². The SMILES string of the molecule is Cc1ccc(C)n1CC1CCC(C(=O)O)O1. The van der Waals surface area contributed by atoms with Crippen molar-refractivity contribution < 1.29 is 14.6 Å². The van der Waals surface area contributed by atoms with Crippen molar-refractivity contribution in [3.8, 4) is 0 Å². The van der Waals surface area contributed by atoms with E-state index in [0.717, 1.165) is 13.0 Å². The minimum atomic E-state index is -0.844. The monoisotopic (exact) mass is 223 g/mol. The van der Waals surface area contributed by atoms with E-state index in [-0.39, 0.29) is 6.10 Å². The average Bonchev–Trinajstić information content (AvgIpc) is 2.80. The average molecular weight is 223 g/mol. The lowest BCUT2D eigenvalue weighted by atomic mass is 10.2. The highest BCUT2D eigenvalue weighted by atomic mass is 16.5. The van der Waals surface area contributed by atoms with Crippen molar-refractivity contribution in [2.45, 2.75) is 45.4 Å². The third-order valence-electron chi connectivity index (χ3n) is 3.19. The van der Waals surface area contributed by atoms with Gasteiger partial charge in [0.1, 0.15) is 0 Å². The topological polar surface area (TPSA) is 51.5 Å². The molecule has 0 saturated carbocycles. The standard InChI is InChI=1S/C12H17NO3/c1-8-3-4-9(2)13(8)7-10-5-6-11(16-10)12(14)15/h3-4,10-11H,5-7H2,1-2H3,(H,14,15). The van der Waals surface area contributed by atoms with Crippen molar-refractivity contribution in [2.24, 2.45) is 0 Å². The van der Waals surface area contributed by atoms with Crippen molar-refractivity contribution in [1.29, 1.82) is 0 Å². The Morgan fingerprint density at radius 1 is 1.44 bits per heavy atom. The molecule has 0 bridgehead atoms. The van der Waals surface area contributed by atoms with E-state index in [0.29, 0.717) is 6.42 Å². The number of ether oxygens (including phenoxy) is 1. The highest BCUT2D eigenvalue weighted by Gasteiger charge is 2.30. The van der Waals surface area contributed by atoms with Crippen LogP contribution < -0.4 is 0 Å². The van der Waals surface area contributed by atoms with Crippen LogP contribution >= 0.6 is 0 Å². The molecule has 2 rings (SSSR count). The van der Waals surface area contributed by atoms with Gasteiger partial charge >= 0.3 is 5.97 Å². The summed E-state index contributed by atoms with van der Waals surface area (Å²) in [6, 6.07) is 4.14. The molecule has 4 nitrogen and oxygen atoms in total. The van der Waals surface area contributed by atoms with Crippen molar-refractivity contribution in [3.05, 3.63) is 23.5 Å². The fourth-order valence-corrected chi connectivity index (χ4v) is 2.21. The second-order valence-corrected chi connectivity index (χ2v) is 4.39. The van der Waals surface area contributed by atoms with Crippen LogP contribution in [0.2, 0.25) is 0 Å². The second-order valence-electron chi connectivity index (χ2n) is 4.39. The van der Waals surface area contributed by atoms with Gasteiger partial charge in [-0.25, -0.2) is 4.79 Å². The Balaban J connectivity index is 2.00. The molecule has 2 heterocycles. The summed E-state index contributed by atoms with van der Waals surface area (Å²) in [5.74, 6) is -0.844. The number of rotatable bonds is 3. The van der Waals surface area contributed by atoms with Crippen LogP contribution in [0.1, 0.15) is 24.2 Å². The van der Waals surface area contributed by atoms with Crippen molar-refractivity contribution in [2.75, 3.05) is 0 Å². The van der Waals surface area contributed by atoms with E-state index in [2.05, 4.69) is 30.5 Å². The Kier molecular flexibility index (Phi) is 3.01. The normalized spacial score (nSPS) is 24.9. The van der Waals surface area contributed by atoms with E-state index in [1.165, 1.54) is 11.4 Å². The van der Waals surface area contributed by atoms with Gasteiger partial charge in [-0.3, -0.25) is 0 Å². The molecule has 1 fully saturated rings. The van der Waals surface area contributed by atoms with Crippen LogP contribution in [0.5, 0.6) is 0 Å². The maximum atomic E-state index is 10.8. The van der Waals surface area contributed by atoms with Crippen LogP contribution in [0.4, 0.5) is 0 Å². The molecule has 16 heavy (non-hydrogen) atoms. The van der Waals surface area contributed by atoms with Gasteiger partial charge in [0.25, 0.3) is 0 Å². The molecule has 0 radical (unpaired) electrons. The molecule has 2 unspecified atom stereocenters. The number of carboxylic acids is 1. The predicted molar refractivity (Wildman–Crippen MR) is 59.4 cm³/mol. The van der Waals surface area contributed by atoms with Crippen LogP contribution in [-0.4, -0.2) is 27.9 Å². The number of hydrogen-bond acceptors (Lipinski definition) is 2. The number of aliphatic carboxylic acids is 1. The molecule has 1 aliphatic heterocycles. The van der Waals surface area contributed by atoms with Gasteiger partial charge < -0.3 is 14.4 Å². The molecule has 1 N–H and O–H groups in total. The molecule has 0 aliphatic carbocycles. The molecular weight excluding hydrogens is 206 g/mol. The van der Waals surface area contributed by atoms with Crippen LogP contribution in [0.3, 0.4) is 0 Å². The molecule has 1 saturated heterocycles. The molecule has 1 aromatic rings. The Labute approximate surface area is 94.8 Å². The number of carboxylic acid groups (broad SMARTS) is 1. The summed E-state index contributed by atoms with van der Waals surface area (Å²) in [7, 11) is 0. The summed E-state index contributed by atoms with van der Waals surface area (Å²) >= 11 is 0. The van der Waals surface area contributed by atoms with Crippen LogP contribution in [-0.2, 0) is 16.1 Å². The largest absolute Gasteiger partial charge is 0.479 e. The van der Waals surface area contributed by atoms with Crippen molar-refractivity contribution in [1.82, 2.24) is 4.57 Å². The summed E-state index contributed by atoms with van der Waals surface area (Å²) in [6.07, 6.45) is 0.875. The molecular formula is C12H17NO3. The van der Waals surface area contributed by atoms with Crippen molar-refractivity contribution in [3.63, 3.8) is 0 Å². The summed E-state index contributed by atoms with van der Waals surface area (Å²) in [5, 5.41) is 8.83. The van der Waals surface area contributed by atoms with E-state index in [4.69, 9.17) is 9.84 Å². The lowest BCUT2D eigenvalue weighted by Crippen LogP contribution is -2.23. The Bertz CT molecular complexity index is 377. The van der Waals surface area contributed by atoms with Gasteiger partial charge in [-0.05, 0) is 38.8 Å². The lowest BCUT2D eigenvalue weighted by molar-refractivity contribution is -0.149. The number of aromatic nitrogens is 1. The molecule has 0 amide bonds. The van der Waals surface area contributed by atoms with E-state index in [1.807, 2.05) is 0 Å². The molecule has 88 valence electrons. The summed E-state index contributed by atoms with van der Waals surface area (Å²) in [5.41, 5.74) is 2.39. The van der Waals surface area contributed by atoms with Gasteiger partial charge in [0.15, 0.2) is 6.10 Å². The first kappa shape index (κ1) is 11.2. The molecule has 0 aromatic carbocycles. The zero-order valence-electron chi connectivity index (χ0n) is 9.64. The van der Waals surface area contributed by atoms with Gasteiger partial charge in [0.2, 0.25) is 0 Å². The highest BCUT2D eigenvalue weighted by molar-refractivity contribution is 5.72. The number of hydrogen-bond donors (Lipinski definition) is 1. The molecule has 2 atom stereocenters. The zero-order valence-corrected chi connectivity index (χ0v) is 9.64. The Morgan fingerprint density at radius 3 is 2.56 bits per heavy atom. The fraction of sp³-hybridized carbons (Fsp3) is 0.583. The van der Waals surface area contributed by atoms with E-state index in [9.17, 15) is 4.79 Å². The van der Waals surface area contributed by atoms with Crippen LogP contribution in [0.25, 0.3) is 0 Å². The summed E-state index contributed by atoms with van der Waals surface area (Å²) in [4.78, 5) is 10.8. The zero-order chi connectivity index (χ0) is 11.7. The van der Waals surface area contributed by atoms with Crippen LogP contribution in [0.15, 0.2) is 12.1 Å². The maximum Gasteiger partial charge on any atom is 0.332 e. The highest BCUT2D eigenvalue weighted by Crippen LogP contribution is 2.22. The van der Waals surface area contributed by atoms with Gasteiger partial charge in [0.05, 0.1) is 6.10 Å². The van der Waals surface area contributed by atoms with E-state index >= 15 is 0 Å². The first-order chi connectivity index (χ1) is 7.58. The van der Waals surface area contributed by atoms with Gasteiger partial charge in [-0.1, -0.05) is 0 Å². The Morgan fingerprint density at radius 2 is 2.06 bits per heavy atom. The number of nitrogens with zero attached hydrogens (tertiary/aromatic N) is 1. The van der Waals surface area contributed by atoms with Gasteiger partial charge in [-0.15, -0.1) is 0 Å². The molecule has 4 heteroatoms. The molecule has 1 aliphatic rings. The summed E-state index contributed by atoms with van der Waals surface area (Å²) in [6.45, 7) is 4.86. The smallest absolute Gasteiger partial charge is 0.332 e. The van der Waals surface area contributed by atoms with Gasteiger partial charge in [-0.2, -0.15) is 0 Å². The van der Waals surface area contributed by atoms with Crippen molar-refractivity contribution >= 4 is 5.97 Å². The van der Waals surface area contributed by atoms with Gasteiger partial charge in [0, 0.05) is 17.9 Å². The minimum absolute atomic E-state index is 0.0332. The predicted octanol–water partition coefficient (Wildman–Crippen LogP) is 1.74. The van der Waals surface area contributed by atoms with E-state index < -0.39 is 12.1 Å². The quantitative estimate of drug-likeness (QED) is 0.849. The van der Waals surface area contributed by atoms with Crippen LogP contribution in [0, 0.1) is 13.8 Å². The second kappa shape index (κ2) is 4.29. The third-order valence-corrected chi connectivity index (χ3v) is 3.19. The third kappa shape index (κ3) is 2.11. The lowest BCUT2D eigenvalue weighted by Gasteiger charge is -2.15. The molecule has 1 aromatic heterocycles. The number of carbonyl (C=O) groups is 1. The first-order valence-electron chi connectivity index (χ1n) is 5.59. The fourth-order valence-electron chi connectivity index (χ4n) is 2.21. The summed E-state index contributed by atoms with van der Waals surface area (Å²) < 4.78 is 7.66.